The van der Waals surface area contributed by atoms with Crippen LogP contribution in [0.3, 0.4) is 0 Å². The Morgan fingerprint density at radius 3 is 2.42 bits per heavy atom. The third kappa shape index (κ3) is 3.14. The van der Waals surface area contributed by atoms with Crippen molar-refractivity contribution in [3.8, 4) is 0 Å². The average molecular weight is 360 g/mol. The first kappa shape index (κ1) is 16.9. The second-order valence-corrected chi connectivity index (χ2v) is 6.63. The van der Waals surface area contributed by atoms with E-state index in [9.17, 15) is 13.2 Å². The lowest BCUT2D eigenvalue weighted by Gasteiger charge is -2.35. The van der Waals surface area contributed by atoms with Crippen molar-refractivity contribution in [2.24, 2.45) is 4.99 Å². The summed E-state index contributed by atoms with van der Waals surface area (Å²) in [5.74, 6) is 0.594. The molecule has 136 valence electrons. The zero-order valence-electron chi connectivity index (χ0n) is 14.3. The van der Waals surface area contributed by atoms with Crippen LogP contribution in [0.5, 0.6) is 0 Å². The normalized spacial score (nSPS) is 17.7. The third-order valence-corrected chi connectivity index (χ3v) is 4.79. The lowest BCUT2D eigenvalue weighted by molar-refractivity contribution is -0.137. The summed E-state index contributed by atoms with van der Waals surface area (Å²) in [5, 5.41) is 3.24. The van der Waals surface area contributed by atoms with E-state index in [1.54, 1.807) is 0 Å². The lowest BCUT2D eigenvalue weighted by Crippen LogP contribution is -2.47. The maximum Gasteiger partial charge on any atom is 0.416 e. The molecule has 0 aromatic heterocycles. The number of likely N-dealkylation sites (N-methyl/N-ethyl adjacent to an activating group) is 1. The molecule has 2 aromatic rings. The largest absolute Gasteiger partial charge is 0.416 e. The van der Waals surface area contributed by atoms with Crippen molar-refractivity contribution in [3.05, 3.63) is 53.6 Å². The van der Waals surface area contributed by atoms with Crippen molar-refractivity contribution >= 4 is 22.9 Å². The predicted molar refractivity (Wildman–Crippen MR) is 96.4 cm³/mol. The molecule has 7 heteroatoms. The molecule has 4 rings (SSSR count). The van der Waals surface area contributed by atoms with Gasteiger partial charge in [0.15, 0.2) is 0 Å². The number of piperazine rings is 1. The molecule has 0 aliphatic carbocycles. The number of fused-ring (bicyclic) bond motifs is 2. The molecule has 1 fully saturated rings. The van der Waals surface area contributed by atoms with Crippen LogP contribution in [-0.4, -0.2) is 48.9 Å². The van der Waals surface area contributed by atoms with Crippen LogP contribution in [0.2, 0.25) is 0 Å². The first-order valence-corrected chi connectivity index (χ1v) is 8.52. The van der Waals surface area contributed by atoms with Crippen LogP contribution in [0.15, 0.2) is 47.5 Å². The second kappa shape index (κ2) is 6.32. The van der Waals surface area contributed by atoms with Gasteiger partial charge in [0.25, 0.3) is 0 Å². The number of para-hydroxylation sites is 2. The molecule has 2 heterocycles. The Labute approximate surface area is 149 Å². The minimum atomic E-state index is -4.39. The molecule has 0 amide bonds. The van der Waals surface area contributed by atoms with Gasteiger partial charge >= 0.3 is 6.18 Å². The van der Waals surface area contributed by atoms with Crippen molar-refractivity contribution in [1.29, 1.82) is 0 Å². The Morgan fingerprint density at radius 2 is 1.69 bits per heavy atom. The SMILES string of the molecule is CN1CCN(C2=Nc3ccccc3Nc3ccc(C(F)(F)F)cc32)CC1. The summed E-state index contributed by atoms with van der Waals surface area (Å²) in [7, 11) is 2.04. The van der Waals surface area contributed by atoms with Gasteiger partial charge in [-0.25, -0.2) is 4.99 Å². The van der Waals surface area contributed by atoms with Crippen LogP contribution >= 0.6 is 0 Å². The molecule has 0 radical (unpaired) electrons. The fraction of sp³-hybridized carbons (Fsp3) is 0.316. The lowest BCUT2D eigenvalue weighted by atomic mass is 10.1. The minimum absolute atomic E-state index is 0.487. The van der Waals surface area contributed by atoms with Crippen molar-refractivity contribution in [3.63, 3.8) is 0 Å². The monoisotopic (exact) mass is 360 g/mol. The van der Waals surface area contributed by atoms with Crippen LogP contribution in [0.25, 0.3) is 0 Å². The fourth-order valence-corrected chi connectivity index (χ4v) is 3.27. The minimum Gasteiger partial charge on any atom is -0.353 e. The topological polar surface area (TPSA) is 30.9 Å². The van der Waals surface area contributed by atoms with Crippen molar-refractivity contribution in [2.45, 2.75) is 6.18 Å². The maximum absolute atomic E-state index is 13.3. The van der Waals surface area contributed by atoms with Gasteiger partial charge in [0.2, 0.25) is 0 Å². The standard InChI is InChI=1S/C19H19F3N4/c1-25-8-10-26(11-9-25)18-14-12-13(19(20,21)22)6-7-15(14)23-16-4-2-3-5-17(16)24-18/h2-7,12,23H,8-11H2,1H3. The number of anilines is 2. The van der Waals surface area contributed by atoms with Crippen LogP contribution in [0.1, 0.15) is 11.1 Å². The number of amidine groups is 1. The van der Waals surface area contributed by atoms with Crippen LogP contribution in [0.4, 0.5) is 30.2 Å². The molecule has 0 spiro atoms. The molecule has 0 bridgehead atoms. The van der Waals surface area contributed by atoms with Crippen LogP contribution in [0, 0.1) is 0 Å². The molecule has 2 aliphatic heterocycles. The maximum atomic E-state index is 13.3. The Bertz CT molecular complexity index is 852. The summed E-state index contributed by atoms with van der Waals surface area (Å²) in [6, 6.07) is 11.3. The molecule has 4 nitrogen and oxygen atoms in total. The van der Waals surface area contributed by atoms with Gasteiger partial charge in [-0.1, -0.05) is 12.1 Å². The first-order valence-electron chi connectivity index (χ1n) is 8.52. The molecule has 26 heavy (non-hydrogen) atoms. The molecular weight excluding hydrogens is 341 g/mol. The van der Waals surface area contributed by atoms with E-state index in [1.807, 2.05) is 31.3 Å². The van der Waals surface area contributed by atoms with E-state index < -0.39 is 11.7 Å². The van der Waals surface area contributed by atoms with Gasteiger partial charge in [0.1, 0.15) is 5.84 Å². The van der Waals surface area contributed by atoms with Gasteiger partial charge in [0, 0.05) is 37.4 Å². The number of halogens is 3. The quantitative estimate of drug-likeness (QED) is 0.768. The average Bonchev–Trinajstić information content (AvgIpc) is 2.77. The number of hydrogen-bond acceptors (Lipinski definition) is 4. The van der Waals surface area contributed by atoms with Gasteiger partial charge in [-0.3, -0.25) is 0 Å². The van der Waals surface area contributed by atoms with Crippen LogP contribution in [-0.2, 0) is 6.18 Å². The van der Waals surface area contributed by atoms with E-state index in [-0.39, 0.29) is 0 Å². The molecule has 0 unspecified atom stereocenters. The van der Waals surface area contributed by atoms with Gasteiger partial charge < -0.3 is 15.1 Å². The highest BCUT2D eigenvalue weighted by Gasteiger charge is 2.33. The predicted octanol–water partition coefficient (Wildman–Crippen LogP) is 4.09. The van der Waals surface area contributed by atoms with E-state index >= 15 is 0 Å². The highest BCUT2D eigenvalue weighted by molar-refractivity contribution is 6.07. The molecule has 1 N–H and O–H groups in total. The summed E-state index contributed by atoms with van der Waals surface area (Å²) in [6.45, 7) is 3.16. The van der Waals surface area contributed by atoms with E-state index in [2.05, 4.69) is 15.1 Å². The number of benzene rings is 2. The van der Waals surface area contributed by atoms with Crippen LogP contribution < -0.4 is 5.32 Å². The van der Waals surface area contributed by atoms with E-state index in [0.29, 0.717) is 17.1 Å². The number of nitrogens with one attached hydrogen (secondary N) is 1. The molecule has 0 atom stereocenters. The summed E-state index contributed by atoms with van der Waals surface area (Å²) < 4.78 is 39.8. The third-order valence-electron chi connectivity index (χ3n) is 4.79. The Hall–Kier alpha value is -2.54. The summed E-state index contributed by atoms with van der Waals surface area (Å²) in [4.78, 5) is 9.02. The zero-order chi connectivity index (χ0) is 18.3. The van der Waals surface area contributed by atoms with Crippen molar-refractivity contribution in [2.75, 3.05) is 38.5 Å². The van der Waals surface area contributed by atoms with E-state index in [4.69, 9.17) is 4.99 Å². The molecule has 2 aromatic carbocycles. The second-order valence-electron chi connectivity index (χ2n) is 6.63. The first-order chi connectivity index (χ1) is 12.4. The molecule has 0 saturated carbocycles. The highest BCUT2D eigenvalue weighted by Crippen LogP contribution is 2.38. The van der Waals surface area contributed by atoms with E-state index in [1.165, 1.54) is 12.1 Å². The summed E-state index contributed by atoms with van der Waals surface area (Å²) in [6.07, 6.45) is -4.39. The number of aliphatic imine (C=N–C) groups is 1. The Balaban J connectivity index is 1.85. The van der Waals surface area contributed by atoms with Gasteiger partial charge in [-0.05, 0) is 37.4 Å². The Kier molecular flexibility index (Phi) is 4.11. The molecular formula is C19H19F3N4. The Morgan fingerprint density at radius 1 is 0.962 bits per heavy atom. The number of alkyl halides is 3. The van der Waals surface area contributed by atoms with Crippen molar-refractivity contribution < 1.29 is 13.2 Å². The summed E-state index contributed by atoms with van der Waals surface area (Å²) in [5.41, 5.74) is 1.98. The van der Waals surface area contributed by atoms with E-state index in [0.717, 1.165) is 43.6 Å². The van der Waals surface area contributed by atoms with Gasteiger partial charge in [-0.2, -0.15) is 13.2 Å². The highest BCUT2D eigenvalue weighted by atomic mass is 19.4. The number of rotatable bonds is 0. The number of nitrogens with zero attached hydrogens (tertiary/aromatic N) is 3. The molecule has 2 aliphatic rings. The zero-order valence-corrected chi connectivity index (χ0v) is 14.3. The van der Waals surface area contributed by atoms with Gasteiger partial charge in [0.05, 0.1) is 16.9 Å². The number of hydrogen-bond donors (Lipinski definition) is 1. The summed E-state index contributed by atoms with van der Waals surface area (Å²) >= 11 is 0. The fourth-order valence-electron chi connectivity index (χ4n) is 3.27. The molecule has 1 saturated heterocycles. The van der Waals surface area contributed by atoms with Gasteiger partial charge in [-0.15, -0.1) is 0 Å². The smallest absolute Gasteiger partial charge is 0.353 e. The van der Waals surface area contributed by atoms with Crippen molar-refractivity contribution in [1.82, 2.24) is 9.80 Å².